The molecule has 0 radical (unpaired) electrons. The van der Waals surface area contributed by atoms with Gasteiger partial charge >= 0.3 is 0 Å². The largest absolute Gasteiger partial charge is 0.353 e. The normalized spacial score (nSPS) is 23.9. The van der Waals surface area contributed by atoms with Gasteiger partial charge in [0.25, 0.3) is 0 Å². The second kappa shape index (κ2) is 4.11. The zero-order valence-electron chi connectivity index (χ0n) is 10.8. The van der Waals surface area contributed by atoms with Crippen molar-refractivity contribution in [2.24, 2.45) is 5.41 Å². The Morgan fingerprint density at radius 3 is 2.81 bits per heavy atom. The van der Waals surface area contributed by atoms with Gasteiger partial charge in [0.05, 0.1) is 0 Å². The minimum atomic E-state index is 0.440. The first-order valence-electron chi connectivity index (χ1n) is 6.27. The lowest BCUT2D eigenvalue weighted by atomic mass is 9.92. The summed E-state index contributed by atoms with van der Waals surface area (Å²) in [6.07, 6.45) is 7.86. The third-order valence-electron chi connectivity index (χ3n) is 3.42. The fraction of sp³-hybridized carbons (Fsp3) is 0.769. The summed E-state index contributed by atoms with van der Waals surface area (Å²) in [6, 6.07) is 1.06. The van der Waals surface area contributed by atoms with Crippen molar-refractivity contribution < 1.29 is 0 Å². The van der Waals surface area contributed by atoms with Crippen LogP contribution in [-0.2, 0) is 0 Å². The minimum Gasteiger partial charge on any atom is -0.353 e. The van der Waals surface area contributed by atoms with Crippen LogP contribution in [0.3, 0.4) is 0 Å². The molecular weight excluding hydrogens is 198 g/mol. The lowest BCUT2D eigenvalue weighted by Gasteiger charge is -2.20. The molecule has 3 nitrogen and oxygen atoms in total. The molecule has 1 aliphatic rings. The van der Waals surface area contributed by atoms with E-state index < -0.39 is 0 Å². The van der Waals surface area contributed by atoms with Gasteiger partial charge in [0.2, 0.25) is 5.95 Å². The summed E-state index contributed by atoms with van der Waals surface area (Å²) < 4.78 is 2.31. The van der Waals surface area contributed by atoms with E-state index in [0.717, 1.165) is 5.95 Å². The van der Waals surface area contributed by atoms with Crippen molar-refractivity contribution in [3.05, 3.63) is 12.4 Å². The molecule has 0 aliphatic heterocycles. The van der Waals surface area contributed by atoms with Crippen LogP contribution in [0.25, 0.3) is 0 Å². The number of rotatable bonds is 3. The second-order valence-corrected chi connectivity index (χ2v) is 6.02. The van der Waals surface area contributed by atoms with Crippen LogP contribution in [-0.4, -0.2) is 15.6 Å². The van der Waals surface area contributed by atoms with Gasteiger partial charge in [-0.25, -0.2) is 4.98 Å². The monoisotopic (exact) mass is 221 g/mol. The predicted octanol–water partition coefficient (Wildman–Crippen LogP) is 3.45. The lowest BCUT2D eigenvalue weighted by Crippen LogP contribution is -2.17. The van der Waals surface area contributed by atoms with Crippen molar-refractivity contribution in [2.75, 3.05) is 5.32 Å². The average Bonchev–Trinajstić information content (AvgIpc) is 2.71. The van der Waals surface area contributed by atoms with Crippen molar-refractivity contribution in [1.29, 1.82) is 0 Å². The van der Waals surface area contributed by atoms with Gasteiger partial charge in [0.1, 0.15) is 0 Å². The summed E-state index contributed by atoms with van der Waals surface area (Å²) in [5.74, 6) is 1.03. The van der Waals surface area contributed by atoms with Crippen LogP contribution in [0.1, 0.15) is 53.0 Å². The SMILES string of the molecule is CC(C)Nc1nccn1C1CCC(C)(C)C1. The molecule has 0 bridgehead atoms. The fourth-order valence-electron chi connectivity index (χ4n) is 2.61. The van der Waals surface area contributed by atoms with E-state index in [9.17, 15) is 0 Å². The van der Waals surface area contributed by atoms with E-state index >= 15 is 0 Å². The summed E-state index contributed by atoms with van der Waals surface area (Å²) in [6.45, 7) is 9.02. The highest BCUT2D eigenvalue weighted by molar-refractivity contribution is 5.28. The van der Waals surface area contributed by atoms with E-state index in [0.29, 0.717) is 17.5 Å². The van der Waals surface area contributed by atoms with E-state index in [1.54, 1.807) is 0 Å². The summed E-state index contributed by atoms with van der Waals surface area (Å²) in [5, 5.41) is 3.41. The number of hydrogen-bond donors (Lipinski definition) is 1. The van der Waals surface area contributed by atoms with Crippen molar-refractivity contribution in [2.45, 2.75) is 59.0 Å². The first-order chi connectivity index (χ1) is 7.48. The standard InChI is InChI=1S/C13H23N3/c1-10(2)15-12-14-7-8-16(12)11-5-6-13(3,4)9-11/h7-8,10-11H,5-6,9H2,1-4H3,(H,14,15). The number of imidazole rings is 1. The molecule has 0 saturated heterocycles. The summed E-state index contributed by atoms with van der Waals surface area (Å²) in [7, 11) is 0. The van der Waals surface area contributed by atoms with E-state index in [1.807, 2.05) is 6.20 Å². The predicted molar refractivity (Wildman–Crippen MR) is 67.7 cm³/mol. The van der Waals surface area contributed by atoms with E-state index in [2.05, 4.69) is 48.8 Å². The zero-order valence-corrected chi connectivity index (χ0v) is 10.8. The van der Waals surface area contributed by atoms with Gasteiger partial charge in [0.15, 0.2) is 0 Å². The second-order valence-electron chi connectivity index (χ2n) is 6.02. The van der Waals surface area contributed by atoms with E-state index in [4.69, 9.17) is 0 Å². The lowest BCUT2D eigenvalue weighted by molar-refractivity contribution is 0.359. The summed E-state index contributed by atoms with van der Waals surface area (Å²) in [5.41, 5.74) is 0.490. The molecular formula is C13H23N3. The smallest absolute Gasteiger partial charge is 0.203 e. The Morgan fingerprint density at radius 2 is 2.25 bits per heavy atom. The maximum atomic E-state index is 4.40. The number of nitrogens with zero attached hydrogens (tertiary/aromatic N) is 2. The van der Waals surface area contributed by atoms with Crippen LogP contribution in [0.4, 0.5) is 5.95 Å². The molecule has 1 fully saturated rings. The Bertz CT molecular complexity index is 352. The molecule has 1 saturated carbocycles. The Hall–Kier alpha value is -0.990. The molecule has 3 heteroatoms. The highest BCUT2D eigenvalue weighted by Crippen LogP contribution is 2.44. The van der Waals surface area contributed by atoms with Gasteiger partial charge in [-0.1, -0.05) is 13.8 Å². The number of hydrogen-bond acceptors (Lipinski definition) is 2. The average molecular weight is 221 g/mol. The number of anilines is 1. The molecule has 1 N–H and O–H groups in total. The van der Waals surface area contributed by atoms with E-state index in [-0.39, 0.29) is 0 Å². The molecule has 1 atom stereocenters. The maximum absolute atomic E-state index is 4.40. The van der Waals surface area contributed by atoms with E-state index in [1.165, 1.54) is 19.3 Å². The van der Waals surface area contributed by atoms with Gasteiger partial charge in [-0.2, -0.15) is 0 Å². The quantitative estimate of drug-likeness (QED) is 0.847. The topological polar surface area (TPSA) is 29.9 Å². The van der Waals surface area contributed by atoms with Crippen molar-refractivity contribution >= 4 is 5.95 Å². The third kappa shape index (κ3) is 2.39. The Kier molecular flexibility index (Phi) is 2.96. The molecule has 2 rings (SSSR count). The Labute approximate surface area is 98.3 Å². The Balaban J connectivity index is 2.12. The maximum Gasteiger partial charge on any atom is 0.203 e. The van der Waals surface area contributed by atoms with Gasteiger partial charge < -0.3 is 9.88 Å². The molecule has 16 heavy (non-hydrogen) atoms. The zero-order chi connectivity index (χ0) is 11.8. The molecule has 0 amide bonds. The highest BCUT2D eigenvalue weighted by Gasteiger charge is 2.32. The van der Waals surface area contributed by atoms with Gasteiger partial charge in [-0.05, 0) is 38.5 Å². The molecule has 1 aromatic rings. The van der Waals surface area contributed by atoms with Crippen LogP contribution in [0.15, 0.2) is 12.4 Å². The molecule has 1 heterocycles. The molecule has 1 unspecified atom stereocenters. The van der Waals surface area contributed by atoms with Crippen LogP contribution in [0.2, 0.25) is 0 Å². The number of nitrogens with one attached hydrogen (secondary N) is 1. The summed E-state index contributed by atoms with van der Waals surface area (Å²) >= 11 is 0. The highest BCUT2D eigenvalue weighted by atomic mass is 15.2. The van der Waals surface area contributed by atoms with Crippen molar-refractivity contribution in [1.82, 2.24) is 9.55 Å². The first kappa shape index (κ1) is 11.5. The number of aromatic nitrogens is 2. The van der Waals surface area contributed by atoms with Crippen LogP contribution in [0.5, 0.6) is 0 Å². The minimum absolute atomic E-state index is 0.440. The van der Waals surface area contributed by atoms with Crippen LogP contribution < -0.4 is 5.32 Å². The van der Waals surface area contributed by atoms with Crippen molar-refractivity contribution in [3.63, 3.8) is 0 Å². The van der Waals surface area contributed by atoms with Crippen LogP contribution >= 0.6 is 0 Å². The third-order valence-corrected chi connectivity index (χ3v) is 3.42. The molecule has 1 aliphatic carbocycles. The molecule has 1 aromatic heterocycles. The molecule has 0 aromatic carbocycles. The first-order valence-corrected chi connectivity index (χ1v) is 6.27. The fourth-order valence-corrected chi connectivity index (χ4v) is 2.61. The van der Waals surface area contributed by atoms with Crippen LogP contribution in [0, 0.1) is 5.41 Å². The molecule has 0 spiro atoms. The summed E-state index contributed by atoms with van der Waals surface area (Å²) in [4.78, 5) is 4.40. The van der Waals surface area contributed by atoms with Gasteiger partial charge in [-0.3, -0.25) is 0 Å². The van der Waals surface area contributed by atoms with Gasteiger partial charge in [0, 0.05) is 24.5 Å². The molecule has 90 valence electrons. The Morgan fingerprint density at radius 1 is 1.50 bits per heavy atom. The van der Waals surface area contributed by atoms with Crippen molar-refractivity contribution in [3.8, 4) is 0 Å². The van der Waals surface area contributed by atoms with Gasteiger partial charge in [-0.15, -0.1) is 0 Å².